The number of hydrogen-bond donors (Lipinski definition) is 0. The second kappa shape index (κ2) is 4.26. The summed E-state index contributed by atoms with van der Waals surface area (Å²) in [5, 5.41) is 0. The van der Waals surface area contributed by atoms with E-state index in [1.54, 1.807) is 6.08 Å². The van der Waals surface area contributed by atoms with Crippen LogP contribution in [0.4, 0.5) is 0 Å². The first-order valence-corrected chi connectivity index (χ1v) is 3.74. The molecule has 58 valence electrons. The maximum atomic E-state index is 11.2. The summed E-state index contributed by atoms with van der Waals surface area (Å²) >= 11 is 0. The zero-order valence-electron chi connectivity index (χ0n) is 7.05. The van der Waals surface area contributed by atoms with Crippen molar-refractivity contribution in [2.45, 2.75) is 27.2 Å². The van der Waals surface area contributed by atoms with E-state index < -0.39 is 0 Å². The molecular weight excluding hydrogens is 124 g/mol. The summed E-state index contributed by atoms with van der Waals surface area (Å²) in [5.74, 6) is 0.646. The van der Waals surface area contributed by atoms with Gasteiger partial charge in [0, 0.05) is 11.8 Å². The highest BCUT2D eigenvalue weighted by molar-refractivity contribution is 5.82. The second-order valence-corrected chi connectivity index (χ2v) is 2.98. The molecule has 1 unspecified atom stereocenters. The lowest BCUT2D eigenvalue weighted by molar-refractivity contribution is -0.125. The Morgan fingerprint density at radius 2 is 2.00 bits per heavy atom. The Balaban J connectivity index is 3.81. The SMILES string of the molecule is C=CCC(C)C(=O)C(C)C. The summed E-state index contributed by atoms with van der Waals surface area (Å²) in [7, 11) is 0. The number of Topliss-reactive ketones (excluding diaryl/α,β-unsaturated/α-hetero) is 1. The highest BCUT2D eigenvalue weighted by Crippen LogP contribution is 2.09. The van der Waals surface area contributed by atoms with Crippen molar-refractivity contribution in [2.24, 2.45) is 11.8 Å². The predicted octanol–water partition coefficient (Wildman–Crippen LogP) is 2.42. The fourth-order valence-electron chi connectivity index (χ4n) is 0.935. The van der Waals surface area contributed by atoms with E-state index in [0.717, 1.165) is 6.42 Å². The number of carbonyl (C=O) groups is 1. The van der Waals surface area contributed by atoms with E-state index >= 15 is 0 Å². The number of hydrogen-bond acceptors (Lipinski definition) is 1. The summed E-state index contributed by atoms with van der Waals surface area (Å²) in [6, 6.07) is 0. The molecule has 10 heavy (non-hydrogen) atoms. The van der Waals surface area contributed by atoms with Gasteiger partial charge in [0.25, 0.3) is 0 Å². The molecule has 1 atom stereocenters. The smallest absolute Gasteiger partial charge is 0.138 e. The predicted molar refractivity (Wildman–Crippen MR) is 43.8 cm³/mol. The first-order chi connectivity index (χ1) is 4.59. The van der Waals surface area contributed by atoms with Crippen molar-refractivity contribution < 1.29 is 4.79 Å². The molecule has 0 aromatic rings. The van der Waals surface area contributed by atoms with Crippen LogP contribution >= 0.6 is 0 Å². The normalized spacial score (nSPS) is 13.2. The summed E-state index contributed by atoms with van der Waals surface area (Å²) < 4.78 is 0. The van der Waals surface area contributed by atoms with Gasteiger partial charge in [0.15, 0.2) is 0 Å². The van der Waals surface area contributed by atoms with Crippen LogP contribution in [0.1, 0.15) is 27.2 Å². The Hall–Kier alpha value is -0.590. The fourth-order valence-corrected chi connectivity index (χ4v) is 0.935. The standard InChI is InChI=1S/C9H16O/c1-5-6-8(4)9(10)7(2)3/h5,7-8H,1,6H2,2-4H3. The van der Waals surface area contributed by atoms with Crippen molar-refractivity contribution in [2.75, 3.05) is 0 Å². The van der Waals surface area contributed by atoms with Crippen LogP contribution < -0.4 is 0 Å². The van der Waals surface area contributed by atoms with Gasteiger partial charge in [-0.25, -0.2) is 0 Å². The second-order valence-electron chi connectivity index (χ2n) is 2.98. The van der Waals surface area contributed by atoms with E-state index in [1.807, 2.05) is 20.8 Å². The lowest BCUT2D eigenvalue weighted by Crippen LogP contribution is -2.16. The molecular formula is C9H16O. The monoisotopic (exact) mass is 140 g/mol. The van der Waals surface area contributed by atoms with Gasteiger partial charge in [-0.3, -0.25) is 4.79 Å². The van der Waals surface area contributed by atoms with Crippen LogP contribution in [0.15, 0.2) is 12.7 Å². The van der Waals surface area contributed by atoms with E-state index in [-0.39, 0.29) is 11.8 Å². The van der Waals surface area contributed by atoms with Crippen LogP contribution in [0.5, 0.6) is 0 Å². The molecule has 0 fully saturated rings. The number of rotatable bonds is 4. The first kappa shape index (κ1) is 9.41. The Morgan fingerprint density at radius 1 is 1.50 bits per heavy atom. The van der Waals surface area contributed by atoms with Gasteiger partial charge >= 0.3 is 0 Å². The third kappa shape index (κ3) is 2.81. The van der Waals surface area contributed by atoms with Gasteiger partial charge < -0.3 is 0 Å². The Morgan fingerprint density at radius 3 is 2.30 bits per heavy atom. The van der Waals surface area contributed by atoms with Crippen LogP contribution in [0.3, 0.4) is 0 Å². The van der Waals surface area contributed by atoms with Crippen LogP contribution in [0, 0.1) is 11.8 Å². The van der Waals surface area contributed by atoms with E-state index in [2.05, 4.69) is 6.58 Å². The summed E-state index contributed by atoms with van der Waals surface area (Å²) in [5.41, 5.74) is 0. The topological polar surface area (TPSA) is 17.1 Å². The Kier molecular flexibility index (Phi) is 4.01. The molecule has 1 nitrogen and oxygen atoms in total. The van der Waals surface area contributed by atoms with Crippen LogP contribution in [0.2, 0.25) is 0 Å². The third-order valence-corrected chi connectivity index (χ3v) is 1.57. The van der Waals surface area contributed by atoms with Gasteiger partial charge in [-0.15, -0.1) is 6.58 Å². The fraction of sp³-hybridized carbons (Fsp3) is 0.667. The molecule has 0 aliphatic heterocycles. The molecule has 0 bridgehead atoms. The van der Waals surface area contributed by atoms with E-state index in [9.17, 15) is 4.79 Å². The maximum absolute atomic E-state index is 11.2. The molecule has 0 aromatic carbocycles. The molecule has 0 spiro atoms. The van der Waals surface area contributed by atoms with Crippen molar-refractivity contribution in [1.82, 2.24) is 0 Å². The van der Waals surface area contributed by atoms with Gasteiger partial charge in [-0.1, -0.05) is 26.8 Å². The minimum Gasteiger partial charge on any atom is -0.299 e. The summed E-state index contributed by atoms with van der Waals surface area (Å²) in [4.78, 5) is 11.2. The van der Waals surface area contributed by atoms with E-state index in [0.29, 0.717) is 5.78 Å². The number of carbonyl (C=O) groups excluding carboxylic acids is 1. The molecule has 0 heterocycles. The van der Waals surface area contributed by atoms with Gasteiger partial charge in [0.05, 0.1) is 0 Å². The number of ketones is 1. The number of allylic oxidation sites excluding steroid dienone is 1. The maximum Gasteiger partial charge on any atom is 0.138 e. The average Bonchev–Trinajstić information content (AvgIpc) is 1.87. The molecule has 1 heteroatoms. The largest absolute Gasteiger partial charge is 0.299 e. The first-order valence-electron chi connectivity index (χ1n) is 3.74. The molecule has 0 N–H and O–H groups in total. The minimum atomic E-state index is 0.150. The van der Waals surface area contributed by atoms with Crippen molar-refractivity contribution in [3.8, 4) is 0 Å². The highest BCUT2D eigenvalue weighted by atomic mass is 16.1. The summed E-state index contributed by atoms with van der Waals surface area (Å²) in [6.45, 7) is 9.40. The Bertz CT molecular complexity index is 125. The quantitative estimate of drug-likeness (QED) is 0.548. The van der Waals surface area contributed by atoms with Crippen molar-refractivity contribution in [3.05, 3.63) is 12.7 Å². The van der Waals surface area contributed by atoms with Crippen LogP contribution in [0.25, 0.3) is 0 Å². The summed E-state index contributed by atoms with van der Waals surface area (Å²) in [6.07, 6.45) is 2.60. The van der Waals surface area contributed by atoms with Gasteiger partial charge in [-0.05, 0) is 6.42 Å². The van der Waals surface area contributed by atoms with Crippen LogP contribution in [-0.4, -0.2) is 5.78 Å². The molecule has 0 amide bonds. The van der Waals surface area contributed by atoms with Gasteiger partial charge in [-0.2, -0.15) is 0 Å². The highest BCUT2D eigenvalue weighted by Gasteiger charge is 2.13. The van der Waals surface area contributed by atoms with E-state index in [4.69, 9.17) is 0 Å². The van der Waals surface area contributed by atoms with Gasteiger partial charge in [0.2, 0.25) is 0 Å². The lowest BCUT2D eigenvalue weighted by Gasteiger charge is -2.09. The van der Waals surface area contributed by atoms with Crippen molar-refractivity contribution >= 4 is 5.78 Å². The van der Waals surface area contributed by atoms with E-state index in [1.165, 1.54) is 0 Å². The molecule has 0 aromatic heterocycles. The zero-order valence-corrected chi connectivity index (χ0v) is 7.05. The molecule has 0 aliphatic rings. The molecule has 0 radical (unpaired) electrons. The minimum absolute atomic E-state index is 0.150. The Labute approximate surface area is 63.1 Å². The third-order valence-electron chi connectivity index (χ3n) is 1.57. The molecule has 0 rings (SSSR count). The molecule has 0 aliphatic carbocycles. The van der Waals surface area contributed by atoms with Crippen molar-refractivity contribution in [3.63, 3.8) is 0 Å². The molecule has 0 saturated heterocycles. The van der Waals surface area contributed by atoms with Gasteiger partial charge in [0.1, 0.15) is 5.78 Å². The molecule has 0 saturated carbocycles. The average molecular weight is 140 g/mol. The zero-order chi connectivity index (χ0) is 8.15. The lowest BCUT2D eigenvalue weighted by atomic mass is 9.94. The van der Waals surface area contributed by atoms with Crippen LogP contribution in [-0.2, 0) is 4.79 Å². The van der Waals surface area contributed by atoms with Crippen molar-refractivity contribution in [1.29, 1.82) is 0 Å².